The van der Waals surface area contributed by atoms with Crippen molar-refractivity contribution in [3.05, 3.63) is 0 Å². The molecule has 0 aromatic rings. The SMILES string of the molecule is C1CC[CH]([Sn+]([CH]2CCCCC2)[CH]2CCCCC2)CC1.C1CC[CH]([Sn+]([CH]2CCCCC2)[CH]2CCCCC2)CC1.O=C([O-])C(Br)C(Br)C(=O)[O-]. The Morgan fingerprint density at radius 1 is 0.354 bits per heavy atom. The van der Waals surface area contributed by atoms with Crippen LogP contribution in [0.5, 0.6) is 0 Å². The van der Waals surface area contributed by atoms with E-state index in [9.17, 15) is 19.8 Å². The Bertz CT molecular complexity index is 730. The molecular formula is C40H68Br2O4Sn2. The van der Waals surface area contributed by atoms with E-state index in [0.29, 0.717) is 0 Å². The van der Waals surface area contributed by atoms with Crippen LogP contribution in [0.25, 0.3) is 0 Å². The van der Waals surface area contributed by atoms with E-state index in [1.807, 2.05) is 0 Å². The molecule has 4 nitrogen and oxygen atoms in total. The van der Waals surface area contributed by atoms with Gasteiger partial charge in [-0.2, -0.15) is 0 Å². The summed E-state index contributed by atoms with van der Waals surface area (Å²) in [5.41, 5.74) is 0. The molecule has 2 atom stereocenters. The van der Waals surface area contributed by atoms with E-state index in [1.54, 1.807) is 193 Å². The molecule has 48 heavy (non-hydrogen) atoms. The van der Waals surface area contributed by atoms with E-state index >= 15 is 0 Å². The average molecular weight is 1010 g/mol. The van der Waals surface area contributed by atoms with E-state index in [1.165, 1.54) is 23.6 Å². The van der Waals surface area contributed by atoms with Crippen molar-refractivity contribution >= 4 is 83.3 Å². The topological polar surface area (TPSA) is 80.3 Å². The third-order valence-corrected chi connectivity index (χ3v) is 41.7. The summed E-state index contributed by atoms with van der Waals surface area (Å²) in [7, 11) is 0. The second-order valence-corrected chi connectivity index (χ2v) is 38.1. The Labute approximate surface area is 326 Å². The number of alkyl halides is 2. The molecule has 6 aliphatic carbocycles. The molecule has 274 valence electrons. The van der Waals surface area contributed by atoms with E-state index in [4.69, 9.17) is 0 Å². The Balaban J connectivity index is 0.000000172. The molecular weight excluding hydrogens is 942 g/mol. The first kappa shape index (κ1) is 42.2. The average Bonchev–Trinajstić information content (AvgIpc) is 3.14. The van der Waals surface area contributed by atoms with Crippen molar-refractivity contribution in [2.75, 3.05) is 0 Å². The zero-order valence-electron chi connectivity index (χ0n) is 30.2. The van der Waals surface area contributed by atoms with Crippen molar-refractivity contribution in [1.29, 1.82) is 0 Å². The molecule has 6 fully saturated rings. The van der Waals surface area contributed by atoms with Crippen LogP contribution >= 0.6 is 31.9 Å². The predicted molar refractivity (Wildman–Crippen MR) is 208 cm³/mol. The maximum Gasteiger partial charge on any atom is 0.0719 e. The molecule has 0 radical (unpaired) electrons. The quantitative estimate of drug-likeness (QED) is 0.170. The van der Waals surface area contributed by atoms with Gasteiger partial charge < -0.3 is 19.8 Å². The molecule has 6 rings (SSSR count). The van der Waals surface area contributed by atoms with Crippen LogP contribution in [0.2, 0.25) is 23.6 Å². The molecule has 6 saturated carbocycles. The number of carboxylic acid groups (broad SMARTS) is 2. The van der Waals surface area contributed by atoms with Crippen molar-refractivity contribution in [3.63, 3.8) is 0 Å². The molecule has 0 spiro atoms. The second kappa shape index (κ2) is 24.0. The number of hydrogen-bond donors (Lipinski definition) is 0. The van der Waals surface area contributed by atoms with Gasteiger partial charge in [-0.1, -0.05) is 31.9 Å². The van der Waals surface area contributed by atoms with Crippen LogP contribution in [0.1, 0.15) is 193 Å². The van der Waals surface area contributed by atoms with Gasteiger partial charge in [0.1, 0.15) is 0 Å². The standard InChI is InChI=1S/6C6H11.C4H4Br2O4.2Sn/c6*1-2-4-6-5-3-1;5-1(3(7)8)2(6)4(9)10;;/h6*1H,2-6H2;1-2H,(H,7,8)(H,9,10);;/q;;;;;;;2*+1/p-2. The van der Waals surface area contributed by atoms with Gasteiger partial charge in [-0.3, -0.25) is 0 Å². The molecule has 0 heterocycles. The summed E-state index contributed by atoms with van der Waals surface area (Å²) in [6, 6.07) is 0. The molecule has 0 aromatic heterocycles. The van der Waals surface area contributed by atoms with Gasteiger partial charge in [-0.15, -0.1) is 0 Å². The number of carbonyl (C=O) groups excluding carboxylic acids is 2. The minimum atomic E-state index is -1.49. The van der Waals surface area contributed by atoms with Gasteiger partial charge in [0.2, 0.25) is 0 Å². The van der Waals surface area contributed by atoms with Gasteiger partial charge in [-0.25, -0.2) is 0 Å². The number of carboxylic acids is 2. The number of hydrogen-bond acceptors (Lipinski definition) is 4. The summed E-state index contributed by atoms with van der Waals surface area (Å²) < 4.78 is 7.93. The maximum atomic E-state index is 9.97. The normalized spacial score (nSPS) is 25.8. The molecule has 2 unspecified atom stereocenters. The fourth-order valence-electron chi connectivity index (χ4n) is 10.9. The first-order valence-corrected chi connectivity index (χ1v) is 32.5. The minimum Gasteiger partial charge on any atom is -0.549 e. The molecule has 0 bridgehead atoms. The summed E-state index contributed by atoms with van der Waals surface area (Å²) in [6.45, 7) is 0. The van der Waals surface area contributed by atoms with Crippen LogP contribution in [-0.2, 0) is 9.59 Å². The summed E-state index contributed by atoms with van der Waals surface area (Å²) in [5, 5.41) is 19.9. The first-order valence-electron chi connectivity index (χ1n) is 20.8. The summed E-state index contributed by atoms with van der Waals surface area (Å²) in [5.74, 6) is -2.99. The molecule has 0 amide bonds. The Hall–Kier alpha value is 1.50. The Kier molecular flexibility index (Phi) is 21.1. The minimum absolute atomic E-state index is 1.15. The summed E-state index contributed by atoms with van der Waals surface area (Å²) >= 11 is 2.86. The molecule has 0 aliphatic heterocycles. The van der Waals surface area contributed by atoms with Crippen LogP contribution in [-0.4, -0.2) is 61.1 Å². The van der Waals surface area contributed by atoms with Crippen LogP contribution in [0.15, 0.2) is 0 Å². The summed E-state index contributed by atoms with van der Waals surface area (Å²) in [4.78, 5) is 17.4. The van der Waals surface area contributed by atoms with Crippen LogP contribution in [0, 0.1) is 0 Å². The van der Waals surface area contributed by atoms with Crippen molar-refractivity contribution < 1.29 is 19.8 Å². The van der Waals surface area contributed by atoms with Crippen LogP contribution < -0.4 is 10.2 Å². The number of rotatable bonds is 9. The fourth-order valence-corrected chi connectivity index (χ4v) is 41.1. The van der Waals surface area contributed by atoms with Gasteiger partial charge in [0, 0.05) is 0 Å². The zero-order valence-corrected chi connectivity index (χ0v) is 39.1. The third-order valence-electron chi connectivity index (χ3n) is 13.2. The van der Waals surface area contributed by atoms with Gasteiger partial charge in [-0.05, 0) is 0 Å². The van der Waals surface area contributed by atoms with Crippen molar-refractivity contribution in [2.45, 2.75) is 226 Å². The third kappa shape index (κ3) is 14.0. The maximum absolute atomic E-state index is 9.97. The molecule has 0 aromatic carbocycles. The van der Waals surface area contributed by atoms with Crippen LogP contribution in [0.4, 0.5) is 0 Å². The second-order valence-electron chi connectivity index (χ2n) is 16.5. The van der Waals surface area contributed by atoms with Crippen LogP contribution in [0.3, 0.4) is 0 Å². The smallest absolute Gasteiger partial charge is 0.0719 e. The predicted octanol–water partition coefficient (Wildman–Crippen LogP) is 11.0. The van der Waals surface area contributed by atoms with Gasteiger partial charge >= 0.3 is 256 Å². The van der Waals surface area contributed by atoms with Crippen molar-refractivity contribution in [3.8, 4) is 0 Å². The Morgan fingerprint density at radius 3 is 0.625 bits per heavy atom. The van der Waals surface area contributed by atoms with E-state index in [0.717, 1.165) is 0 Å². The molecule has 0 N–H and O–H groups in total. The van der Waals surface area contributed by atoms with Gasteiger partial charge in [0.25, 0.3) is 0 Å². The van der Waals surface area contributed by atoms with E-state index in [2.05, 4.69) is 31.9 Å². The molecule has 8 heteroatoms. The van der Waals surface area contributed by atoms with Gasteiger partial charge in [0.15, 0.2) is 0 Å². The fraction of sp³-hybridized carbons (Fsp3) is 0.950. The Morgan fingerprint density at radius 2 is 0.500 bits per heavy atom. The first-order chi connectivity index (χ1) is 23.4. The summed E-state index contributed by atoms with van der Waals surface area (Å²) in [6.07, 6.45) is 48.5. The van der Waals surface area contributed by atoms with Crippen molar-refractivity contribution in [2.24, 2.45) is 0 Å². The zero-order chi connectivity index (χ0) is 34.1. The number of halogens is 2. The monoisotopic (exact) mass is 1010 g/mol. The molecule has 0 saturated heterocycles. The molecule has 6 aliphatic rings. The number of aliphatic carboxylic acids is 2. The van der Waals surface area contributed by atoms with E-state index in [-0.39, 0.29) is 0 Å². The number of carbonyl (C=O) groups is 2. The largest absolute Gasteiger partial charge is 0.549 e. The van der Waals surface area contributed by atoms with E-state index < -0.39 is 61.1 Å². The van der Waals surface area contributed by atoms with Crippen molar-refractivity contribution in [1.82, 2.24) is 0 Å². The van der Waals surface area contributed by atoms with Gasteiger partial charge in [0.05, 0.1) is 21.6 Å².